The van der Waals surface area contributed by atoms with Gasteiger partial charge >= 0.3 is 0 Å². The first-order valence-electron chi connectivity index (χ1n) is 6.77. The van der Waals surface area contributed by atoms with Crippen molar-refractivity contribution in [1.82, 2.24) is 5.32 Å². The van der Waals surface area contributed by atoms with Crippen LogP contribution in [-0.4, -0.2) is 43.1 Å². The number of nitrogens with one attached hydrogen (secondary N) is 1. The smallest absolute Gasteiger partial charge is 0.0572 e. The molecule has 1 aliphatic carbocycles. The van der Waals surface area contributed by atoms with Gasteiger partial charge in [0.05, 0.1) is 6.10 Å². The number of hydrogen-bond acceptors (Lipinski definition) is 4. The summed E-state index contributed by atoms with van der Waals surface area (Å²) in [5.74, 6) is 0. The van der Waals surface area contributed by atoms with Crippen LogP contribution >= 0.6 is 0 Å². The molecule has 0 aliphatic heterocycles. The van der Waals surface area contributed by atoms with Crippen LogP contribution < -0.4 is 11.1 Å². The average molecular weight is 244 g/mol. The van der Waals surface area contributed by atoms with Crippen LogP contribution in [0.5, 0.6) is 0 Å². The zero-order valence-electron chi connectivity index (χ0n) is 11.2. The number of hydrogen-bond donors (Lipinski definition) is 3. The normalized spacial score (nSPS) is 31.4. The Labute approximate surface area is 105 Å². The molecule has 1 rings (SSSR count). The van der Waals surface area contributed by atoms with Gasteiger partial charge in [0.15, 0.2) is 0 Å². The second-order valence-electron chi connectivity index (χ2n) is 5.33. The fourth-order valence-electron chi connectivity index (χ4n) is 2.78. The maximum absolute atomic E-state index is 8.84. The lowest BCUT2D eigenvalue weighted by Crippen LogP contribution is -2.56. The van der Waals surface area contributed by atoms with Gasteiger partial charge in [-0.1, -0.05) is 0 Å². The first-order chi connectivity index (χ1) is 8.15. The number of aliphatic hydroxyl groups excluding tert-OH is 1. The van der Waals surface area contributed by atoms with Crippen LogP contribution in [0.4, 0.5) is 0 Å². The summed E-state index contributed by atoms with van der Waals surface area (Å²) in [7, 11) is 1.79. The van der Waals surface area contributed by atoms with Crippen LogP contribution in [0.1, 0.15) is 45.4 Å². The van der Waals surface area contributed by atoms with E-state index >= 15 is 0 Å². The van der Waals surface area contributed by atoms with Crippen LogP contribution in [0, 0.1) is 0 Å². The van der Waals surface area contributed by atoms with Gasteiger partial charge in [-0.25, -0.2) is 0 Å². The Balaban J connectivity index is 2.41. The molecule has 0 radical (unpaired) electrons. The van der Waals surface area contributed by atoms with Crippen LogP contribution in [-0.2, 0) is 4.74 Å². The van der Waals surface area contributed by atoms with Gasteiger partial charge in [0.25, 0.3) is 0 Å². The molecule has 0 amide bonds. The van der Waals surface area contributed by atoms with Gasteiger partial charge < -0.3 is 20.9 Å². The Morgan fingerprint density at radius 1 is 1.47 bits per heavy atom. The summed E-state index contributed by atoms with van der Waals surface area (Å²) in [5, 5.41) is 12.5. The van der Waals surface area contributed by atoms with Crippen molar-refractivity contribution < 1.29 is 9.84 Å². The van der Waals surface area contributed by atoms with Gasteiger partial charge in [0.1, 0.15) is 0 Å². The SMILES string of the molecule is COC1CCC(CN)(NC(C)CCCO)CC1. The molecular weight excluding hydrogens is 216 g/mol. The summed E-state index contributed by atoms with van der Waals surface area (Å²) < 4.78 is 5.40. The van der Waals surface area contributed by atoms with E-state index in [1.54, 1.807) is 7.11 Å². The maximum Gasteiger partial charge on any atom is 0.0572 e. The molecule has 0 spiro atoms. The third-order valence-electron chi connectivity index (χ3n) is 3.96. The average Bonchev–Trinajstić information content (AvgIpc) is 2.37. The third kappa shape index (κ3) is 4.54. The van der Waals surface area contributed by atoms with E-state index < -0.39 is 0 Å². The Hall–Kier alpha value is -0.160. The van der Waals surface area contributed by atoms with Crippen LogP contribution in [0.2, 0.25) is 0 Å². The summed E-state index contributed by atoms with van der Waals surface area (Å²) in [6.07, 6.45) is 6.63. The number of rotatable bonds is 7. The minimum Gasteiger partial charge on any atom is -0.396 e. The number of methoxy groups -OCH3 is 1. The summed E-state index contributed by atoms with van der Waals surface area (Å²) in [6.45, 7) is 3.13. The Morgan fingerprint density at radius 2 is 2.12 bits per heavy atom. The minimum atomic E-state index is 0.0872. The first-order valence-corrected chi connectivity index (χ1v) is 6.77. The van der Waals surface area contributed by atoms with Gasteiger partial charge in [-0.2, -0.15) is 0 Å². The van der Waals surface area contributed by atoms with Crippen molar-refractivity contribution in [2.45, 2.75) is 63.1 Å². The van der Waals surface area contributed by atoms with Gasteiger partial charge in [0.2, 0.25) is 0 Å². The fraction of sp³-hybridized carbons (Fsp3) is 1.00. The van der Waals surface area contributed by atoms with E-state index in [1.165, 1.54) is 0 Å². The highest BCUT2D eigenvalue weighted by Crippen LogP contribution is 2.29. The highest BCUT2D eigenvalue weighted by atomic mass is 16.5. The van der Waals surface area contributed by atoms with Crippen molar-refractivity contribution in [2.24, 2.45) is 5.73 Å². The van der Waals surface area contributed by atoms with Crippen molar-refractivity contribution in [3.05, 3.63) is 0 Å². The predicted molar refractivity (Wildman–Crippen MR) is 70.0 cm³/mol. The highest BCUT2D eigenvalue weighted by Gasteiger charge is 2.34. The largest absolute Gasteiger partial charge is 0.396 e. The van der Waals surface area contributed by atoms with Gasteiger partial charge in [-0.05, 0) is 45.4 Å². The number of ether oxygens (including phenoxy) is 1. The molecule has 102 valence electrons. The van der Waals surface area contributed by atoms with Crippen LogP contribution in [0.25, 0.3) is 0 Å². The molecule has 0 aromatic rings. The Morgan fingerprint density at radius 3 is 2.59 bits per heavy atom. The molecule has 1 aliphatic rings. The van der Waals surface area contributed by atoms with E-state index in [4.69, 9.17) is 15.6 Å². The van der Waals surface area contributed by atoms with Crippen molar-refractivity contribution in [3.63, 3.8) is 0 Å². The van der Waals surface area contributed by atoms with Crippen molar-refractivity contribution >= 4 is 0 Å². The molecule has 0 aromatic heterocycles. The highest BCUT2D eigenvalue weighted by molar-refractivity contribution is 4.95. The topological polar surface area (TPSA) is 67.5 Å². The summed E-state index contributed by atoms with van der Waals surface area (Å²) in [5.41, 5.74) is 6.04. The zero-order chi connectivity index (χ0) is 12.7. The summed E-state index contributed by atoms with van der Waals surface area (Å²) in [4.78, 5) is 0. The van der Waals surface area contributed by atoms with Gasteiger partial charge in [0, 0.05) is 31.8 Å². The molecular formula is C13H28N2O2. The van der Waals surface area contributed by atoms with Gasteiger partial charge in [-0.3, -0.25) is 0 Å². The van der Waals surface area contributed by atoms with Crippen molar-refractivity contribution in [2.75, 3.05) is 20.3 Å². The third-order valence-corrected chi connectivity index (χ3v) is 3.96. The zero-order valence-corrected chi connectivity index (χ0v) is 11.2. The van der Waals surface area contributed by atoms with E-state index in [1.807, 2.05) is 0 Å². The molecule has 4 nitrogen and oxygen atoms in total. The molecule has 1 unspecified atom stereocenters. The molecule has 4 heteroatoms. The molecule has 0 saturated heterocycles. The quantitative estimate of drug-likeness (QED) is 0.625. The Kier molecular flexibility index (Phi) is 6.41. The Bertz CT molecular complexity index is 204. The molecule has 0 bridgehead atoms. The van der Waals surface area contributed by atoms with Crippen molar-refractivity contribution in [3.8, 4) is 0 Å². The van der Waals surface area contributed by atoms with E-state index in [9.17, 15) is 0 Å². The monoisotopic (exact) mass is 244 g/mol. The van der Waals surface area contributed by atoms with E-state index in [2.05, 4.69) is 12.2 Å². The molecule has 17 heavy (non-hydrogen) atoms. The molecule has 1 saturated carbocycles. The van der Waals surface area contributed by atoms with E-state index in [0.717, 1.165) is 38.5 Å². The number of aliphatic hydroxyl groups is 1. The lowest BCUT2D eigenvalue weighted by atomic mass is 9.79. The van der Waals surface area contributed by atoms with E-state index in [-0.39, 0.29) is 12.1 Å². The second kappa shape index (κ2) is 7.31. The minimum absolute atomic E-state index is 0.0872. The predicted octanol–water partition coefficient (Wildman–Crippen LogP) is 1.02. The molecule has 0 heterocycles. The van der Waals surface area contributed by atoms with Gasteiger partial charge in [-0.15, -0.1) is 0 Å². The molecule has 1 atom stereocenters. The summed E-state index contributed by atoms with van der Waals surface area (Å²) in [6, 6.07) is 0.421. The van der Waals surface area contributed by atoms with Crippen molar-refractivity contribution in [1.29, 1.82) is 0 Å². The lowest BCUT2D eigenvalue weighted by molar-refractivity contribution is 0.0402. The molecule has 1 fully saturated rings. The van der Waals surface area contributed by atoms with Crippen LogP contribution in [0.3, 0.4) is 0 Å². The van der Waals surface area contributed by atoms with E-state index in [0.29, 0.717) is 18.7 Å². The maximum atomic E-state index is 8.84. The lowest BCUT2D eigenvalue weighted by Gasteiger charge is -2.41. The standard InChI is InChI=1S/C13H28N2O2/c1-11(4-3-9-16)15-13(10-14)7-5-12(17-2)6-8-13/h11-12,15-16H,3-10,14H2,1-2H3. The second-order valence-corrected chi connectivity index (χ2v) is 5.33. The molecule has 0 aromatic carbocycles. The molecule has 4 N–H and O–H groups in total. The van der Waals surface area contributed by atoms with Crippen LogP contribution in [0.15, 0.2) is 0 Å². The summed E-state index contributed by atoms with van der Waals surface area (Å²) >= 11 is 0. The first kappa shape index (κ1) is 14.9. The fourth-order valence-corrected chi connectivity index (χ4v) is 2.78. The number of nitrogens with two attached hydrogens (primary N) is 1.